The fourth-order valence-corrected chi connectivity index (χ4v) is 1.93. The van der Waals surface area contributed by atoms with Crippen LogP contribution in [0.25, 0.3) is 0 Å². The standard InChI is InChI=1S/C12H19ClN2O2/c1-2-3-4-5-6-7-8-15-11(16)9-10(13)14-12(15)17/h9H,2-8H2,1H3,(H,14,17). The van der Waals surface area contributed by atoms with E-state index in [4.69, 9.17) is 11.6 Å². The molecule has 0 atom stereocenters. The predicted molar refractivity (Wildman–Crippen MR) is 69.7 cm³/mol. The molecule has 0 aliphatic rings. The summed E-state index contributed by atoms with van der Waals surface area (Å²) in [5, 5.41) is 0.0965. The van der Waals surface area contributed by atoms with Gasteiger partial charge in [-0.15, -0.1) is 0 Å². The average Bonchev–Trinajstić information content (AvgIpc) is 2.26. The molecule has 0 radical (unpaired) electrons. The van der Waals surface area contributed by atoms with E-state index in [0.717, 1.165) is 19.3 Å². The molecule has 0 aliphatic heterocycles. The lowest BCUT2D eigenvalue weighted by Gasteiger charge is -2.04. The highest BCUT2D eigenvalue weighted by molar-refractivity contribution is 6.29. The molecule has 96 valence electrons. The van der Waals surface area contributed by atoms with Crippen LogP contribution in [0.1, 0.15) is 45.4 Å². The molecule has 0 aliphatic carbocycles. The third kappa shape index (κ3) is 4.77. The second kappa shape index (κ2) is 7.33. The summed E-state index contributed by atoms with van der Waals surface area (Å²) < 4.78 is 1.20. The van der Waals surface area contributed by atoms with Crippen LogP contribution >= 0.6 is 11.6 Å². The first-order valence-corrected chi connectivity index (χ1v) is 6.52. The lowest BCUT2D eigenvalue weighted by molar-refractivity contribution is 0.535. The summed E-state index contributed by atoms with van der Waals surface area (Å²) in [4.78, 5) is 25.3. The molecule has 0 saturated carbocycles. The minimum absolute atomic E-state index is 0.0965. The summed E-state index contributed by atoms with van der Waals surface area (Å²) in [5.74, 6) is 0. The van der Waals surface area contributed by atoms with Crippen molar-refractivity contribution in [3.05, 3.63) is 32.1 Å². The molecule has 0 saturated heterocycles. The highest BCUT2D eigenvalue weighted by atomic mass is 35.5. The molecule has 0 amide bonds. The fraction of sp³-hybridized carbons (Fsp3) is 0.667. The van der Waals surface area contributed by atoms with Gasteiger partial charge in [-0.1, -0.05) is 50.6 Å². The van der Waals surface area contributed by atoms with Crippen LogP contribution < -0.4 is 11.2 Å². The summed E-state index contributed by atoms with van der Waals surface area (Å²) >= 11 is 5.57. The molecule has 0 bridgehead atoms. The summed E-state index contributed by atoms with van der Waals surface area (Å²) in [6.45, 7) is 2.64. The normalized spacial score (nSPS) is 10.7. The quantitative estimate of drug-likeness (QED) is 0.604. The van der Waals surface area contributed by atoms with Crippen LogP contribution in [0.4, 0.5) is 0 Å². The van der Waals surface area contributed by atoms with Gasteiger partial charge in [0, 0.05) is 12.6 Å². The van der Waals surface area contributed by atoms with Gasteiger partial charge in [-0.05, 0) is 6.42 Å². The molecule has 0 fully saturated rings. The van der Waals surface area contributed by atoms with E-state index in [1.807, 2.05) is 0 Å². The second-order valence-corrected chi connectivity index (χ2v) is 4.59. The van der Waals surface area contributed by atoms with Gasteiger partial charge in [0.2, 0.25) is 0 Å². The molecule has 1 aromatic heterocycles. The van der Waals surface area contributed by atoms with Crippen molar-refractivity contribution in [3.8, 4) is 0 Å². The van der Waals surface area contributed by atoms with Crippen molar-refractivity contribution < 1.29 is 0 Å². The maximum Gasteiger partial charge on any atom is 0.329 e. The summed E-state index contributed by atoms with van der Waals surface area (Å²) in [5.41, 5.74) is -0.747. The van der Waals surface area contributed by atoms with E-state index in [1.165, 1.54) is 29.9 Å². The van der Waals surface area contributed by atoms with Gasteiger partial charge in [0.05, 0.1) is 0 Å². The number of halogens is 1. The van der Waals surface area contributed by atoms with Crippen LogP contribution in [0.3, 0.4) is 0 Å². The first-order valence-electron chi connectivity index (χ1n) is 6.15. The maximum absolute atomic E-state index is 11.5. The van der Waals surface area contributed by atoms with Gasteiger partial charge in [-0.25, -0.2) is 4.79 Å². The van der Waals surface area contributed by atoms with Crippen molar-refractivity contribution >= 4 is 11.6 Å². The molecule has 1 heterocycles. The predicted octanol–water partition coefficient (Wildman–Crippen LogP) is 2.55. The number of rotatable bonds is 7. The molecule has 0 spiro atoms. The number of H-pyrrole nitrogens is 1. The van der Waals surface area contributed by atoms with Crippen LogP contribution in [0.5, 0.6) is 0 Å². The number of hydrogen-bond donors (Lipinski definition) is 1. The Kier molecular flexibility index (Phi) is 6.05. The third-order valence-corrected chi connectivity index (χ3v) is 2.93. The number of aromatic amines is 1. The third-order valence-electron chi connectivity index (χ3n) is 2.72. The summed E-state index contributed by atoms with van der Waals surface area (Å²) in [6.07, 6.45) is 6.76. The molecule has 17 heavy (non-hydrogen) atoms. The zero-order valence-corrected chi connectivity index (χ0v) is 10.9. The molecule has 1 aromatic rings. The van der Waals surface area contributed by atoms with Crippen molar-refractivity contribution in [2.75, 3.05) is 0 Å². The van der Waals surface area contributed by atoms with Gasteiger partial charge >= 0.3 is 5.69 Å². The fourth-order valence-electron chi connectivity index (χ4n) is 1.75. The van der Waals surface area contributed by atoms with E-state index in [9.17, 15) is 9.59 Å². The Labute approximate surface area is 106 Å². The van der Waals surface area contributed by atoms with Crippen molar-refractivity contribution in [2.24, 2.45) is 0 Å². The van der Waals surface area contributed by atoms with E-state index >= 15 is 0 Å². The van der Waals surface area contributed by atoms with E-state index in [-0.39, 0.29) is 10.7 Å². The smallest absolute Gasteiger partial charge is 0.298 e. The lowest BCUT2D eigenvalue weighted by Crippen LogP contribution is -2.34. The molecular weight excluding hydrogens is 240 g/mol. The molecule has 5 heteroatoms. The zero-order chi connectivity index (χ0) is 12.7. The molecular formula is C12H19ClN2O2. The van der Waals surface area contributed by atoms with Crippen molar-refractivity contribution in [1.29, 1.82) is 0 Å². The van der Waals surface area contributed by atoms with Crippen LogP contribution in [0, 0.1) is 0 Å². The Balaban J connectivity index is 2.42. The Hall–Kier alpha value is -1.03. The molecule has 1 rings (SSSR count). The summed E-state index contributed by atoms with van der Waals surface area (Å²) in [7, 11) is 0. The van der Waals surface area contributed by atoms with Crippen molar-refractivity contribution in [3.63, 3.8) is 0 Å². The van der Waals surface area contributed by atoms with E-state index in [2.05, 4.69) is 11.9 Å². The van der Waals surface area contributed by atoms with E-state index < -0.39 is 5.69 Å². The highest BCUT2D eigenvalue weighted by Gasteiger charge is 2.02. The Morgan fingerprint density at radius 3 is 2.47 bits per heavy atom. The van der Waals surface area contributed by atoms with Crippen LogP contribution in [-0.2, 0) is 6.54 Å². The zero-order valence-electron chi connectivity index (χ0n) is 10.2. The SMILES string of the molecule is CCCCCCCCn1c(=O)cc(Cl)[nH]c1=O. The monoisotopic (exact) mass is 258 g/mol. The molecule has 4 nitrogen and oxygen atoms in total. The van der Waals surface area contributed by atoms with Crippen LogP contribution in [-0.4, -0.2) is 9.55 Å². The first kappa shape index (κ1) is 14.0. The van der Waals surface area contributed by atoms with Gasteiger partial charge in [-0.3, -0.25) is 14.3 Å². The van der Waals surface area contributed by atoms with Crippen molar-refractivity contribution in [1.82, 2.24) is 9.55 Å². The Bertz CT molecular complexity index is 419. The van der Waals surface area contributed by atoms with Crippen LogP contribution in [0.15, 0.2) is 15.7 Å². The number of hydrogen-bond acceptors (Lipinski definition) is 2. The van der Waals surface area contributed by atoms with Gasteiger partial charge in [-0.2, -0.15) is 0 Å². The minimum atomic E-state index is -0.420. The first-order chi connectivity index (χ1) is 8.15. The molecule has 0 unspecified atom stereocenters. The van der Waals surface area contributed by atoms with E-state index in [0.29, 0.717) is 6.54 Å². The Morgan fingerprint density at radius 1 is 1.18 bits per heavy atom. The maximum atomic E-state index is 11.5. The van der Waals surface area contributed by atoms with Gasteiger partial charge < -0.3 is 0 Å². The highest BCUT2D eigenvalue weighted by Crippen LogP contribution is 2.05. The average molecular weight is 259 g/mol. The number of nitrogens with one attached hydrogen (secondary N) is 1. The topological polar surface area (TPSA) is 54.9 Å². The number of nitrogens with zero attached hydrogens (tertiary/aromatic N) is 1. The van der Waals surface area contributed by atoms with Gasteiger partial charge in [0.25, 0.3) is 5.56 Å². The lowest BCUT2D eigenvalue weighted by atomic mass is 10.1. The number of unbranched alkanes of at least 4 members (excludes halogenated alkanes) is 5. The van der Waals surface area contributed by atoms with Crippen molar-refractivity contribution in [2.45, 2.75) is 52.0 Å². The second-order valence-electron chi connectivity index (χ2n) is 4.18. The Morgan fingerprint density at radius 2 is 1.82 bits per heavy atom. The van der Waals surface area contributed by atoms with E-state index in [1.54, 1.807) is 0 Å². The number of aromatic nitrogens is 2. The minimum Gasteiger partial charge on any atom is -0.298 e. The van der Waals surface area contributed by atoms with Gasteiger partial charge in [0.1, 0.15) is 5.15 Å². The molecule has 1 N–H and O–H groups in total. The largest absolute Gasteiger partial charge is 0.329 e. The molecule has 0 aromatic carbocycles. The van der Waals surface area contributed by atoms with Crippen LogP contribution in [0.2, 0.25) is 5.15 Å². The summed E-state index contributed by atoms with van der Waals surface area (Å²) in [6, 6.07) is 1.24. The van der Waals surface area contributed by atoms with Gasteiger partial charge in [0.15, 0.2) is 0 Å².